The van der Waals surface area contributed by atoms with Gasteiger partial charge in [0.05, 0.1) is 6.54 Å². The molecule has 1 aliphatic heterocycles. The quantitative estimate of drug-likeness (QED) is 0.666. The molecule has 6 heteroatoms. The molecule has 0 spiro atoms. The van der Waals surface area contributed by atoms with Gasteiger partial charge in [0, 0.05) is 53.5 Å². The Morgan fingerprint density at radius 2 is 2.04 bits per heavy atom. The molecule has 2 aromatic heterocycles. The number of benzene rings is 1. The minimum atomic E-state index is -0.0752. The summed E-state index contributed by atoms with van der Waals surface area (Å²) in [6.45, 7) is 1.83. The molecular weight excluding hydrogens is 370 g/mol. The SMILES string of the molecule is O=C(CCC(=O)N1CC=C(c2c[nH]c3ccccc23)CC1)NCc1cccs1. The number of rotatable bonds is 6. The number of aromatic amines is 1. The lowest BCUT2D eigenvalue weighted by Crippen LogP contribution is -2.35. The highest BCUT2D eigenvalue weighted by Gasteiger charge is 2.20. The van der Waals surface area contributed by atoms with E-state index in [0.717, 1.165) is 16.8 Å². The topological polar surface area (TPSA) is 65.2 Å². The summed E-state index contributed by atoms with van der Waals surface area (Å²) in [5.74, 6) is -0.0331. The summed E-state index contributed by atoms with van der Waals surface area (Å²) in [4.78, 5) is 30.7. The van der Waals surface area contributed by atoms with E-state index in [1.165, 1.54) is 16.5 Å². The number of para-hydroxylation sites is 1. The van der Waals surface area contributed by atoms with Gasteiger partial charge in [0.1, 0.15) is 0 Å². The Hall–Kier alpha value is -2.86. The van der Waals surface area contributed by atoms with Crippen LogP contribution in [0.1, 0.15) is 29.7 Å². The van der Waals surface area contributed by atoms with Gasteiger partial charge in [0.2, 0.25) is 11.8 Å². The molecule has 5 nitrogen and oxygen atoms in total. The molecule has 0 saturated carbocycles. The molecule has 0 atom stereocenters. The molecule has 0 aliphatic carbocycles. The number of carbonyl (C=O) groups excluding carboxylic acids is 2. The molecule has 1 aromatic carbocycles. The van der Waals surface area contributed by atoms with Gasteiger partial charge in [-0.3, -0.25) is 9.59 Å². The predicted octanol–water partition coefficient (Wildman–Crippen LogP) is 3.94. The molecule has 0 fully saturated rings. The van der Waals surface area contributed by atoms with Gasteiger partial charge in [-0.25, -0.2) is 0 Å². The van der Waals surface area contributed by atoms with E-state index in [0.29, 0.717) is 19.6 Å². The van der Waals surface area contributed by atoms with E-state index in [1.807, 2.05) is 40.7 Å². The zero-order chi connectivity index (χ0) is 19.3. The second-order valence-electron chi connectivity index (χ2n) is 6.92. The zero-order valence-corrected chi connectivity index (χ0v) is 16.4. The third-order valence-corrected chi connectivity index (χ3v) is 5.98. The highest BCUT2D eigenvalue weighted by molar-refractivity contribution is 7.09. The number of thiophene rings is 1. The Morgan fingerprint density at radius 1 is 1.14 bits per heavy atom. The van der Waals surface area contributed by atoms with Gasteiger partial charge in [0.25, 0.3) is 0 Å². The fraction of sp³-hybridized carbons (Fsp3) is 0.273. The lowest BCUT2D eigenvalue weighted by molar-refractivity contribution is -0.133. The lowest BCUT2D eigenvalue weighted by atomic mass is 9.98. The first-order valence-electron chi connectivity index (χ1n) is 9.53. The Balaban J connectivity index is 1.28. The fourth-order valence-corrected chi connectivity index (χ4v) is 4.19. The number of fused-ring (bicyclic) bond motifs is 1. The van der Waals surface area contributed by atoms with E-state index >= 15 is 0 Å². The number of carbonyl (C=O) groups is 2. The van der Waals surface area contributed by atoms with Crippen LogP contribution in [0.5, 0.6) is 0 Å². The van der Waals surface area contributed by atoms with Crippen LogP contribution in [-0.4, -0.2) is 34.8 Å². The van der Waals surface area contributed by atoms with Crippen molar-refractivity contribution in [1.29, 1.82) is 0 Å². The first-order chi connectivity index (χ1) is 13.7. The number of nitrogens with one attached hydrogen (secondary N) is 2. The second kappa shape index (κ2) is 8.44. The second-order valence-corrected chi connectivity index (χ2v) is 7.96. The third-order valence-electron chi connectivity index (χ3n) is 5.10. The third kappa shape index (κ3) is 4.17. The minimum absolute atomic E-state index is 0.0421. The van der Waals surface area contributed by atoms with E-state index in [4.69, 9.17) is 0 Å². The number of nitrogens with zero attached hydrogens (tertiary/aromatic N) is 1. The molecule has 28 heavy (non-hydrogen) atoms. The van der Waals surface area contributed by atoms with Crippen LogP contribution in [0.15, 0.2) is 54.1 Å². The Bertz CT molecular complexity index is 1000. The van der Waals surface area contributed by atoms with Gasteiger partial charge >= 0.3 is 0 Å². The molecule has 1 aliphatic rings. The minimum Gasteiger partial charge on any atom is -0.361 e. The molecule has 0 bridgehead atoms. The van der Waals surface area contributed by atoms with Crippen LogP contribution in [0.3, 0.4) is 0 Å². The van der Waals surface area contributed by atoms with Gasteiger partial charge in [-0.2, -0.15) is 0 Å². The number of amides is 2. The van der Waals surface area contributed by atoms with Crippen LogP contribution in [0.25, 0.3) is 16.5 Å². The van der Waals surface area contributed by atoms with Gasteiger partial charge in [-0.1, -0.05) is 30.3 Å². The number of hydrogen-bond acceptors (Lipinski definition) is 3. The summed E-state index contributed by atoms with van der Waals surface area (Å²) >= 11 is 1.61. The fourth-order valence-electron chi connectivity index (χ4n) is 3.54. The van der Waals surface area contributed by atoms with Crippen molar-refractivity contribution in [2.45, 2.75) is 25.8 Å². The molecule has 2 N–H and O–H groups in total. The molecule has 3 aromatic rings. The number of aromatic nitrogens is 1. The molecule has 4 rings (SSSR count). The van der Waals surface area contributed by atoms with Crippen LogP contribution in [0.4, 0.5) is 0 Å². The summed E-state index contributed by atoms with van der Waals surface area (Å²) < 4.78 is 0. The van der Waals surface area contributed by atoms with E-state index in [9.17, 15) is 9.59 Å². The molecule has 0 unspecified atom stereocenters. The highest BCUT2D eigenvalue weighted by atomic mass is 32.1. The lowest BCUT2D eigenvalue weighted by Gasteiger charge is -2.26. The average molecular weight is 394 g/mol. The van der Waals surface area contributed by atoms with Crippen LogP contribution in [0, 0.1) is 0 Å². The smallest absolute Gasteiger partial charge is 0.223 e. The number of hydrogen-bond donors (Lipinski definition) is 2. The van der Waals surface area contributed by atoms with Crippen LogP contribution in [-0.2, 0) is 16.1 Å². The van der Waals surface area contributed by atoms with Crippen molar-refractivity contribution in [2.75, 3.05) is 13.1 Å². The van der Waals surface area contributed by atoms with Crippen molar-refractivity contribution in [3.8, 4) is 0 Å². The highest BCUT2D eigenvalue weighted by Crippen LogP contribution is 2.29. The molecule has 3 heterocycles. The monoisotopic (exact) mass is 393 g/mol. The van der Waals surface area contributed by atoms with Crippen LogP contribution in [0.2, 0.25) is 0 Å². The van der Waals surface area contributed by atoms with Crippen molar-refractivity contribution >= 4 is 39.6 Å². The summed E-state index contributed by atoms with van der Waals surface area (Å²) in [6.07, 6.45) is 5.50. The molecule has 2 amide bonds. The first kappa shape index (κ1) is 18.5. The summed E-state index contributed by atoms with van der Waals surface area (Å²) in [7, 11) is 0. The van der Waals surface area contributed by atoms with E-state index in [2.05, 4.69) is 28.5 Å². The van der Waals surface area contributed by atoms with Crippen LogP contribution >= 0.6 is 11.3 Å². The maximum Gasteiger partial charge on any atom is 0.223 e. The predicted molar refractivity (Wildman–Crippen MR) is 113 cm³/mol. The molecular formula is C22H23N3O2S. The summed E-state index contributed by atoms with van der Waals surface area (Å²) in [6, 6.07) is 12.2. The van der Waals surface area contributed by atoms with Crippen molar-refractivity contribution < 1.29 is 9.59 Å². The Kier molecular flexibility index (Phi) is 5.58. The van der Waals surface area contributed by atoms with Crippen LogP contribution < -0.4 is 5.32 Å². The van der Waals surface area contributed by atoms with Gasteiger partial charge in [-0.15, -0.1) is 11.3 Å². The van der Waals surface area contributed by atoms with Crippen molar-refractivity contribution in [3.05, 3.63) is 64.5 Å². The van der Waals surface area contributed by atoms with Gasteiger partial charge in [0.15, 0.2) is 0 Å². The molecule has 144 valence electrons. The molecule has 0 saturated heterocycles. The maximum atomic E-state index is 12.5. The number of H-pyrrole nitrogens is 1. The average Bonchev–Trinajstić information content (AvgIpc) is 3.40. The Labute approximate surface area is 168 Å². The Morgan fingerprint density at radius 3 is 2.82 bits per heavy atom. The van der Waals surface area contributed by atoms with Crippen molar-refractivity contribution in [3.63, 3.8) is 0 Å². The largest absolute Gasteiger partial charge is 0.361 e. The maximum absolute atomic E-state index is 12.5. The van der Waals surface area contributed by atoms with Gasteiger partial charge in [-0.05, 0) is 29.5 Å². The molecule has 0 radical (unpaired) electrons. The zero-order valence-electron chi connectivity index (χ0n) is 15.6. The summed E-state index contributed by atoms with van der Waals surface area (Å²) in [5.41, 5.74) is 3.62. The first-order valence-corrected chi connectivity index (χ1v) is 10.4. The standard InChI is InChI=1S/C22H23N3O2S/c26-21(24-14-17-4-3-13-28-17)7-8-22(27)25-11-9-16(10-12-25)19-15-23-20-6-2-1-5-18(19)20/h1-6,9,13,15,23H,7-8,10-12,14H2,(H,24,26). The summed E-state index contributed by atoms with van der Waals surface area (Å²) in [5, 5.41) is 6.08. The van der Waals surface area contributed by atoms with E-state index in [1.54, 1.807) is 11.3 Å². The normalized spacial score (nSPS) is 14.1. The van der Waals surface area contributed by atoms with Crippen molar-refractivity contribution in [1.82, 2.24) is 15.2 Å². The van der Waals surface area contributed by atoms with E-state index < -0.39 is 0 Å². The van der Waals surface area contributed by atoms with E-state index in [-0.39, 0.29) is 24.7 Å². The van der Waals surface area contributed by atoms with Gasteiger partial charge < -0.3 is 15.2 Å². The van der Waals surface area contributed by atoms with Crippen molar-refractivity contribution in [2.24, 2.45) is 0 Å².